The lowest BCUT2D eigenvalue weighted by atomic mass is 10.1. The molecule has 0 aromatic carbocycles. The SMILES string of the molecule is OCCCCCCCCCC/C=C\C(F)(F)C(F)F. The maximum absolute atomic E-state index is 12.5. The Kier molecular flexibility index (Phi) is 10.9. The average Bonchev–Trinajstić information content (AvgIpc) is 2.35. The first-order chi connectivity index (χ1) is 9.00. The van der Waals surface area contributed by atoms with Gasteiger partial charge < -0.3 is 5.11 Å². The molecule has 114 valence electrons. The number of alkyl halides is 4. The van der Waals surface area contributed by atoms with Gasteiger partial charge in [0.1, 0.15) is 0 Å². The van der Waals surface area contributed by atoms with Crippen molar-refractivity contribution in [3.8, 4) is 0 Å². The van der Waals surface area contributed by atoms with Crippen molar-refractivity contribution in [3.63, 3.8) is 0 Å². The summed E-state index contributed by atoms with van der Waals surface area (Å²) >= 11 is 0. The zero-order valence-corrected chi connectivity index (χ0v) is 11.3. The fraction of sp³-hybridized carbons (Fsp3) is 0.857. The number of halogens is 4. The summed E-state index contributed by atoms with van der Waals surface area (Å²) in [6, 6.07) is 0. The molecular formula is C14H24F4O. The Bertz CT molecular complexity index is 229. The number of unbranched alkanes of at least 4 members (excludes halogenated alkanes) is 8. The lowest BCUT2D eigenvalue weighted by molar-refractivity contribution is -0.0908. The average molecular weight is 284 g/mol. The maximum Gasteiger partial charge on any atom is 0.325 e. The molecule has 5 heteroatoms. The van der Waals surface area contributed by atoms with Crippen LogP contribution in [-0.2, 0) is 0 Å². The van der Waals surface area contributed by atoms with Gasteiger partial charge in [-0.05, 0) is 25.3 Å². The highest BCUT2D eigenvalue weighted by Gasteiger charge is 2.37. The van der Waals surface area contributed by atoms with Crippen LogP contribution < -0.4 is 0 Å². The molecule has 0 fully saturated rings. The Morgan fingerprint density at radius 2 is 1.32 bits per heavy atom. The highest BCUT2D eigenvalue weighted by atomic mass is 19.3. The van der Waals surface area contributed by atoms with Gasteiger partial charge in [0.25, 0.3) is 0 Å². The summed E-state index contributed by atoms with van der Waals surface area (Å²) in [5, 5.41) is 8.57. The lowest BCUT2D eigenvalue weighted by Crippen LogP contribution is -2.22. The van der Waals surface area contributed by atoms with Gasteiger partial charge in [-0.2, -0.15) is 8.78 Å². The van der Waals surface area contributed by atoms with E-state index in [1.165, 1.54) is 0 Å². The van der Waals surface area contributed by atoms with E-state index in [2.05, 4.69) is 0 Å². The first-order valence-corrected chi connectivity index (χ1v) is 6.95. The molecule has 19 heavy (non-hydrogen) atoms. The van der Waals surface area contributed by atoms with Gasteiger partial charge in [-0.1, -0.05) is 44.6 Å². The van der Waals surface area contributed by atoms with Crippen molar-refractivity contribution >= 4 is 0 Å². The molecule has 0 aliphatic heterocycles. The van der Waals surface area contributed by atoms with Gasteiger partial charge in [0.2, 0.25) is 0 Å². The van der Waals surface area contributed by atoms with E-state index in [4.69, 9.17) is 5.11 Å². The summed E-state index contributed by atoms with van der Waals surface area (Å²) in [4.78, 5) is 0. The van der Waals surface area contributed by atoms with E-state index in [-0.39, 0.29) is 6.61 Å². The number of allylic oxidation sites excluding steroid dienone is 2. The normalized spacial score (nSPS) is 12.7. The molecule has 0 aromatic heterocycles. The second-order valence-corrected chi connectivity index (χ2v) is 4.72. The van der Waals surface area contributed by atoms with Crippen LogP contribution in [-0.4, -0.2) is 24.1 Å². The van der Waals surface area contributed by atoms with Crippen LogP contribution in [0.3, 0.4) is 0 Å². The molecule has 0 heterocycles. The molecule has 1 nitrogen and oxygen atoms in total. The fourth-order valence-electron chi connectivity index (χ4n) is 1.75. The summed E-state index contributed by atoms with van der Waals surface area (Å²) in [7, 11) is 0. The molecule has 0 unspecified atom stereocenters. The number of aliphatic hydroxyl groups is 1. The molecule has 0 saturated carbocycles. The Morgan fingerprint density at radius 3 is 1.79 bits per heavy atom. The molecule has 0 aliphatic rings. The topological polar surface area (TPSA) is 20.2 Å². The second kappa shape index (κ2) is 11.3. The van der Waals surface area contributed by atoms with Crippen LogP contribution in [0.1, 0.15) is 57.8 Å². The molecule has 0 saturated heterocycles. The van der Waals surface area contributed by atoms with Gasteiger partial charge in [-0.15, -0.1) is 0 Å². The first kappa shape index (κ1) is 18.4. The third-order valence-corrected chi connectivity index (χ3v) is 2.91. The minimum Gasteiger partial charge on any atom is -0.396 e. The van der Waals surface area contributed by atoms with Gasteiger partial charge in [0.05, 0.1) is 0 Å². The Labute approximate surface area is 112 Å². The molecule has 0 aromatic rings. The molecule has 0 atom stereocenters. The van der Waals surface area contributed by atoms with Crippen molar-refractivity contribution < 1.29 is 22.7 Å². The quantitative estimate of drug-likeness (QED) is 0.305. The van der Waals surface area contributed by atoms with Crippen LogP contribution in [0.25, 0.3) is 0 Å². The Hall–Kier alpha value is -0.580. The predicted molar refractivity (Wildman–Crippen MR) is 68.7 cm³/mol. The Balaban J connectivity index is 3.34. The number of hydrogen-bond acceptors (Lipinski definition) is 1. The third-order valence-electron chi connectivity index (χ3n) is 2.91. The number of hydrogen-bond donors (Lipinski definition) is 1. The largest absolute Gasteiger partial charge is 0.396 e. The fourth-order valence-corrected chi connectivity index (χ4v) is 1.75. The van der Waals surface area contributed by atoms with Crippen molar-refractivity contribution in [2.24, 2.45) is 0 Å². The first-order valence-electron chi connectivity index (χ1n) is 6.95. The molecular weight excluding hydrogens is 260 g/mol. The van der Waals surface area contributed by atoms with E-state index in [0.29, 0.717) is 12.5 Å². The molecule has 0 bridgehead atoms. The van der Waals surface area contributed by atoms with E-state index in [9.17, 15) is 17.6 Å². The molecule has 0 rings (SSSR count). The van der Waals surface area contributed by atoms with Crippen LogP contribution in [0, 0.1) is 0 Å². The van der Waals surface area contributed by atoms with Crippen molar-refractivity contribution in [1.82, 2.24) is 0 Å². The molecule has 0 amide bonds. The van der Waals surface area contributed by atoms with Crippen LogP contribution in [0.5, 0.6) is 0 Å². The molecule has 0 radical (unpaired) electrons. The summed E-state index contributed by atoms with van der Waals surface area (Å²) in [5.41, 5.74) is 0. The molecule has 0 aliphatic carbocycles. The number of aliphatic hydroxyl groups excluding tert-OH is 1. The van der Waals surface area contributed by atoms with E-state index >= 15 is 0 Å². The summed E-state index contributed by atoms with van der Waals surface area (Å²) in [6.07, 6.45) is 6.22. The van der Waals surface area contributed by atoms with Crippen LogP contribution in [0.4, 0.5) is 17.6 Å². The summed E-state index contributed by atoms with van der Waals surface area (Å²) in [5.74, 6) is -3.99. The third kappa shape index (κ3) is 11.0. The predicted octanol–water partition coefficient (Wildman–Crippen LogP) is 4.95. The molecule has 0 spiro atoms. The van der Waals surface area contributed by atoms with E-state index in [0.717, 1.165) is 57.4 Å². The van der Waals surface area contributed by atoms with Crippen LogP contribution in [0.15, 0.2) is 12.2 Å². The van der Waals surface area contributed by atoms with Crippen LogP contribution in [0.2, 0.25) is 0 Å². The second-order valence-electron chi connectivity index (χ2n) is 4.72. The van der Waals surface area contributed by atoms with Crippen molar-refractivity contribution in [1.29, 1.82) is 0 Å². The minimum absolute atomic E-state index is 0.246. The zero-order chi connectivity index (χ0) is 14.6. The van der Waals surface area contributed by atoms with Gasteiger partial charge in [0, 0.05) is 6.61 Å². The number of rotatable bonds is 12. The van der Waals surface area contributed by atoms with Crippen molar-refractivity contribution in [2.45, 2.75) is 70.1 Å². The monoisotopic (exact) mass is 284 g/mol. The van der Waals surface area contributed by atoms with E-state index < -0.39 is 12.3 Å². The smallest absolute Gasteiger partial charge is 0.325 e. The van der Waals surface area contributed by atoms with Gasteiger partial charge >= 0.3 is 12.3 Å². The summed E-state index contributed by atoms with van der Waals surface area (Å²) < 4.78 is 48.5. The lowest BCUT2D eigenvalue weighted by Gasteiger charge is -2.09. The standard InChI is InChI=1S/C14H24F4O/c15-13(16)14(17,18)11-9-7-5-3-1-2-4-6-8-10-12-19/h9,11,13,19H,1-8,10,12H2/b11-9-. The molecule has 1 N–H and O–H groups in total. The highest BCUT2D eigenvalue weighted by molar-refractivity contribution is 4.96. The Morgan fingerprint density at radius 1 is 0.842 bits per heavy atom. The van der Waals surface area contributed by atoms with Crippen molar-refractivity contribution in [2.75, 3.05) is 6.61 Å². The van der Waals surface area contributed by atoms with Crippen LogP contribution >= 0.6 is 0 Å². The minimum atomic E-state index is -3.99. The summed E-state index contributed by atoms with van der Waals surface area (Å²) in [6.45, 7) is 0.246. The van der Waals surface area contributed by atoms with Crippen molar-refractivity contribution in [3.05, 3.63) is 12.2 Å². The van der Waals surface area contributed by atoms with Gasteiger partial charge in [0.15, 0.2) is 0 Å². The van der Waals surface area contributed by atoms with Gasteiger partial charge in [-0.25, -0.2) is 8.78 Å². The van der Waals surface area contributed by atoms with E-state index in [1.807, 2.05) is 0 Å². The zero-order valence-electron chi connectivity index (χ0n) is 11.3. The van der Waals surface area contributed by atoms with Gasteiger partial charge in [-0.3, -0.25) is 0 Å². The maximum atomic E-state index is 12.5. The van der Waals surface area contributed by atoms with E-state index in [1.54, 1.807) is 0 Å². The highest BCUT2D eigenvalue weighted by Crippen LogP contribution is 2.24.